The molecule has 1 saturated carbocycles. The largest absolute Gasteiger partial charge is 0.459 e. The van der Waals surface area contributed by atoms with Gasteiger partial charge in [0, 0.05) is 16.6 Å². The number of nitrogens with one attached hydrogen (secondary N) is 1. The van der Waals surface area contributed by atoms with E-state index < -0.39 is 6.04 Å². The highest BCUT2D eigenvalue weighted by molar-refractivity contribution is 7.10. The van der Waals surface area contributed by atoms with Gasteiger partial charge in [0.15, 0.2) is 11.8 Å². The van der Waals surface area contributed by atoms with Gasteiger partial charge in [-0.3, -0.25) is 14.5 Å². The summed E-state index contributed by atoms with van der Waals surface area (Å²) in [6.07, 6.45) is 6.92. The Morgan fingerprint density at radius 2 is 1.83 bits per heavy atom. The number of anilines is 1. The molecule has 0 spiro atoms. The summed E-state index contributed by atoms with van der Waals surface area (Å²) in [5, 5.41) is 5.14. The maximum atomic E-state index is 13.5. The number of aryl methyl sites for hydroxylation is 1. The molecule has 4 rings (SSSR count). The third kappa shape index (κ3) is 4.49. The van der Waals surface area contributed by atoms with Crippen molar-refractivity contribution >= 4 is 28.8 Å². The van der Waals surface area contributed by atoms with Gasteiger partial charge in [0.05, 0.1) is 6.26 Å². The van der Waals surface area contributed by atoms with Crippen LogP contribution in [0.15, 0.2) is 64.6 Å². The lowest BCUT2D eigenvalue weighted by Gasteiger charge is -2.32. The first kappa shape index (κ1) is 20.4. The first-order valence-corrected chi connectivity index (χ1v) is 11.3. The van der Waals surface area contributed by atoms with Crippen LogP contribution in [0.4, 0.5) is 5.69 Å². The monoisotopic (exact) mass is 422 g/mol. The average molecular weight is 423 g/mol. The Balaban J connectivity index is 1.73. The van der Waals surface area contributed by atoms with Crippen LogP contribution in [-0.4, -0.2) is 17.9 Å². The van der Waals surface area contributed by atoms with Crippen LogP contribution in [-0.2, 0) is 4.79 Å². The van der Waals surface area contributed by atoms with Crippen LogP contribution in [0.3, 0.4) is 0 Å². The zero-order chi connectivity index (χ0) is 20.9. The summed E-state index contributed by atoms with van der Waals surface area (Å²) in [6.45, 7) is 2.00. The summed E-state index contributed by atoms with van der Waals surface area (Å²) in [7, 11) is 0. The van der Waals surface area contributed by atoms with E-state index in [4.69, 9.17) is 4.42 Å². The van der Waals surface area contributed by atoms with Gasteiger partial charge in [0.1, 0.15) is 0 Å². The van der Waals surface area contributed by atoms with E-state index in [1.165, 1.54) is 24.0 Å². The van der Waals surface area contributed by atoms with E-state index in [0.717, 1.165) is 36.1 Å². The second-order valence-corrected chi connectivity index (χ2v) is 8.73. The number of carbonyl (C=O) groups is 2. The second-order valence-electron chi connectivity index (χ2n) is 7.75. The lowest BCUT2D eigenvalue weighted by molar-refractivity contribution is -0.123. The van der Waals surface area contributed by atoms with E-state index in [1.54, 1.807) is 17.0 Å². The molecule has 3 aromatic rings. The molecule has 156 valence electrons. The Morgan fingerprint density at radius 1 is 1.07 bits per heavy atom. The minimum Gasteiger partial charge on any atom is -0.459 e. The van der Waals surface area contributed by atoms with E-state index in [0.29, 0.717) is 5.69 Å². The molecule has 5 nitrogen and oxygen atoms in total. The summed E-state index contributed by atoms with van der Waals surface area (Å²) in [5.74, 6) is -0.270. The number of rotatable bonds is 6. The highest BCUT2D eigenvalue weighted by Gasteiger charge is 2.36. The molecule has 1 aromatic carbocycles. The van der Waals surface area contributed by atoms with Gasteiger partial charge in [-0.1, -0.05) is 43.0 Å². The molecule has 2 amide bonds. The number of benzene rings is 1. The highest BCUT2D eigenvalue weighted by Crippen LogP contribution is 2.33. The number of hydrogen-bond donors (Lipinski definition) is 1. The highest BCUT2D eigenvalue weighted by atomic mass is 32.1. The van der Waals surface area contributed by atoms with Crippen molar-refractivity contribution in [1.82, 2.24) is 5.32 Å². The van der Waals surface area contributed by atoms with Crippen molar-refractivity contribution in [3.8, 4) is 0 Å². The molecule has 1 aliphatic carbocycles. The second kappa shape index (κ2) is 9.30. The molecule has 0 unspecified atom stereocenters. The Bertz CT molecular complexity index is 959. The number of hydrogen-bond acceptors (Lipinski definition) is 4. The molecule has 6 heteroatoms. The number of thiophene rings is 1. The van der Waals surface area contributed by atoms with Crippen molar-refractivity contribution in [2.75, 3.05) is 4.90 Å². The first-order valence-electron chi connectivity index (χ1n) is 10.4. The molecule has 30 heavy (non-hydrogen) atoms. The van der Waals surface area contributed by atoms with Gasteiger partial charge in [-0.2, -0.15) is 0 Å². The quantitative estimate of drug-likeness (QED) is 0.572. The van der Waals surface area contributed by atoms with Gasteiger partial charge in [-0.25, -0.2) is 0 Å². The summed E-state index contributed by atoms with van der Waals surface area (Å²) in [4.78, 5) is 29.4. The molecule has 1 atom stereocenters. The van der Waals surface area contributed by atoms with Crippen molar-refractivity contribution in [3.63, 3.8) is 0 Å². The lowest BCUT2D eigenvalue weighted by Crippen LogP contribution is -2.47. The fraction of sp³-hybridized carbons (Fsp3) is 0.333. The third-order valence-corrected chi connectivity index (χ3v) is 6.46. The van der Waals surface area contributed by atoms with Crippen molar-refractivity contribution in [3.05, 3.63) is 76.4 Å². The summed E-state index contributed by atoms with van der Waals surface area (Å²) in [5.41, 5.74) is 1.75. The molecule has 2 aromatic heterocycles. The molecule has 1 fully saturated rings. The summed E-state index contributed by atoms with van der Waals surface area (Å²) >= 11 is 1.48. The fourth-order valence-electron chi connectivity index (χ4n) is 3.96. The minimum absolute atomic E-state index is 0.148. The zero-order valence-corrected chi connectivity index (χ0v) is 17.9. The van der Waals surface area contributed by atoms with Crippen molar-refractivity contribution < 1.29 is 14.0 Å². The Kier molecular flexibility index (Phi) is 6.33. The predicted molar refractivity (Wildman–Crippen MR) is 119 cm³/mol. The third-order valence-electron chi connectivity index (χ3n) is 5.53. The number of carbonyl (C=O) groups excluding carboxylic acids is 2. The number of amides is 2. The van der Waals surface area contributed by atoms with Crippen molar-refractivity contribution in [2.45, 2.75) is 51.1 Å². The SMILES string of the molecule is Cc1ccc(N(C(=O)c2ccco2)[C@H](C(=O)NC2CCCCC2)c2cccs2)cc1. The summed E-state index contributed by atoms with van der Waals surface area (Å²) < 4.78 is 5.40. The van der Waals surface area contributed by atoms with Gasteiger partial charge >= 0.3 is 0 Å². The smallest absolute Gasteiger partial charge is 0.295 e. The molecule has 0 bridgehead atoms. The molecule has 0 radical (unpaired) electrons. The van der Waals surface area contributed by atoms with Crippen LogP contribution in [0.1, 0.15) is 59.1 Å². The standard InChI is InChI=1S/C24H26N2O3S/c1-17-11-13-19(14-12-17)26(24(28)20-9-5-15-29-20)22(21-10-6-16-30-21)23(27)25-18-7-3-2-4-8-18/h5-6,9-16,18,22H,2-4,7-8H2,1H3,(H,25,27)/t22-/m0/s1. The number of nitrogens with zero attached hydrogens (tertiary/aromatic N) is 1. The first-order chi connectivity index (χ1) is 14.6. The fourth-order valence-corrected chi connectivity index (χ4v) is 4.77. The van der Waals surface area contributed by atoms with Crippen LogP contribution in [0.2, 0.25) is 0 Å². The predicted octanol–water partition coefficient (Wildman–Crippen LogP) is 5.49. The van der Waals surface area contributed by atoms with Crippen LogP contribution in [0.25, 0.3) is 0 Å². The minimum atomic E-state index is -0.757. The van der Waals surface area contributed by atoms with Crippen LogP contribution in [0, 0.1) is 6.92 Å². The molecule has 1 N–H and O–H groups in total. The molecular formula is C24H26N2O3S. The van der Waals surface area contributed by atoms with Gasteiger partial charge in [0.25, 0.3) is 5.91 Å². The number of furan rings is 1. The Labute approximate surface area is 180 Å². The molecule has 0 saturated heterocycles. The molecule has 1 aliphatic rings. The van der Waals surface area contributed by atoms with Crippen LogP contribution in [0.5, 0.6) is 0 Å². The van der Waals surface area contributed by atoms with E-state index in [-0.39, 0.29) is 23.6 Å². The van der Waals surface area contributed by atoms with Crippen molar-refractivity contribution in [2.24, 2.45) is 0 Å². The topological polar surface area (TPSA) is 62.6 Å². The van der Waals surface area contributed by atoms with Gasteiger partial charge in [-0.15, -0.1) is 11.3 Å². The maximum Gasteiger partial charge on any atom is 0.295 e. The normalized spacial score (nSPS) is 15.5. The maximum absolute atomic E-state index is 13.5. The van der Waals surface area contributed by atoms with E-state index >= 15 is 0 Å². The van der Waals surface area contributed by atoms with Gasteiger partial charge < -0.3 is 9.73 Å². The lowest BCUT2D eigenvalue weighted by atomic mass is 9.95. The van der Waals surface area contributed by atoms with E-state index in [9.17, 15) is 9.59 Å². The Hall–Kier alpha value is -2.86. The van der Waals surface area contributed by atoms with E-state index in [2.05, 4.69) is 5.32 Å². The molecule has 0 aliphatic heterocycles. The Morgan fingerprint density at radius 3 is 2.47 bits per heavy atom. The molecular weight excluding hydrogens is 396 g/mol. The van der Waals surface area contributed by atoms with Gasteiger partial charge in [-0.05, 0) is 55.5 Å². The van der Waals surface area contributed by atoms with Crippen LogP contribution < -0.4 is 10.2 Å². The van der Waals surface area contributed by atoms with Gasteiger partial charge in [0.2, 0.25) is 5.91 Å². The zero-order valence-electron chi connectivity index (χ0n) is 17.0. The van der Waals surface area contributed by atoms with E-state index in [1.807, 2.05) is 48.7 Å². The summed E-state index contributed by atoms with van der Waals surface area (Å²) in [6, 6.07) is 14.2. The molecule has 2 heterocycles. The average Bonchev–Trinajstić information content (AvgIpc) is 3.47. The van der Waals surface area contributed by atoms with Crippen molar-refractivity contribution in [1.29, 1.82) is 0 Å². The van der Waals surface area contributed by atoms with Crippen LogP contribution >= 0.6 is 11.3 Å².